The summed E-state index contributed by atoms with van der Waals surface area (Å²) in [6.07, 6.45) is 1.12. The summed E-state index contributed by atoms with van der Waals surface area (Å²) in [5, 5.41) is 2.57. The highest BCUT2D eigenvalue weighted by Crippen LogP contribution is 2.34. The monoisotopic (exact) mass is 494 g/mol. The van der Waals surface area contributed by atoms with Gasteiger partial charge < -0.3 is 19.4 Å². The number of pyridine rings is 1. The van der Waals surface area contributed by atoms with Crippen molar-refractivity contribution in [2.24, 2.45) is 0 Å². The topological polar surface area (TPSA) is 104 Å². The van der Waals surface area contributed by atoms with E-state index in [0.29, 0.717) is 17.2 Å². The number of ether oxygens (including phenoxy) is 2. The predicted molar refractivity (Wildman–Crippen MR) is 126 cm³/mol. The van der Waals surface area contributed by atoms with Gasteiger partial charge >= 0.3 is 0 Å². The predicted octanol–water partition coefficient (Wildman–Crippen LogP) is 3.65. The fraction of sp³-hybridized carbons (Fsp3) is 0.120. The van der Waals surface area contributed by atoms with Crippen LogP contribution in [0.3, 0.4) is 0 Å². The minimum atomic E-state index is -4.23. The Morgan fingerprint density at radius 1 is 1.03 bits per heavy atom. The van der Waals surface area contributed by atoms with Gasteiger partial charge in [0, 0.05) is 23.3 Å². The van der Waals surface area contributed by atoms with E-state index in [9.17, 15) is 22.4 Å². The molecule has 1 aliphatic heterocycles. The molecule has 10 heteroatoms. The Hall–Kier alpha value is -4.18. The van der Waals surface area contributed by atoms with Crippen molar-refractivity contribution in [1.29, 1.82) is 0 Å². The average molecular weight is 495 g/mol. The number of rotatable bonds is 5. The van der Waals surface area contributed by atoms with Gasteiger partial charge in [-0.3, -0.25) is 9.59 Å². The van der Waals surface area contributed by atoms with Crippen molar-refractivity contribution >= 4 is 32.3 Å². The van der Waals surface area contributed by atoms with Crippen molar-refractivity contribution in [3.63, 3.8) is 0 Å². The van der Waals surface area contributed by atoms with E-state index in [0.717, 1.165) is 23.9 Å². The van der Waals surface area contributed by atoms with Crippen LogP contribution in [0.25, 0.3) is 10.9 Å². The molecule has 8 nitrogen and oxygen atoms in total. The number of nitrogens with zero attached hydrogens (tertiary/aromatic N) is 1. The molecule has 0 saturated heterocycles. The summed E-state index contributed by atoms with van der Waals surface area (Å²) in [6, 6.07) is 14.4. The number of fused-ring (bicyclic) bond motifs is 2. The van der Waals surface area contributed by atoms with Crippen molar-refractivity contribution < 1.29 is 27.1 Å². The molecule has 2 heterocycles. The summed E-state index contributed by atoms with van der Waals surface area (Å²) < 4.78 is 52.5. The Morgan fingerprint density at radius 3 is 2.54 bits per heavy atom. The van der Waals surface area contributed by atoms with Crippen LogP contribution < -0.4 is 20.2 Å². The van der Waals surface area contributed by atoms with Crippen molar-refractivity contribution in [1.82, 2.24) is 4.57 Å². The first kappa shape index (κ1) is 22.6. The normalized spacial score (nSPS) is 12.6. The van der Waals surface area contributed by atoms with Crippen LogP contribution in [0.15, 0.2) is 81.4 Å². The van der Waals surface area contributed by atoms with Gasteiger partial charge in [-0.15, -0.1) is 0 Å². The number of aromatic nitrogens is 1. The molecule has 0 fully saturated rings. The number of carbonyl (C=O) groups is 1. The maximum atomic E-state index is 14.0. The Kier molecular flexibility index (Phi) is 5.52. The summed E-state index contributed by atoms with van der Waals surface area (Å²) in [4.78, 5) is 25.3. The summed E-state index contributed by atoms with van der Waals surface area (Å²) in [7, 11) is -4.23. The van der Waals surface area contributed by atoms with Gasteiger partial charge in [-0.1, -0.05) is 17.7 Å². The first-order valence-corrected chi connectivity index (χ1v) is 12.0. The molecule has 0 unspecified atom stereocenters. The molecule has 1 N–H and O–H groups in total. The third-order valence-corrected chi connectivity index (χ3v) is 7.36. The van der Waals surface area contributed by atoms with Crippen LogP contribution in [0.2, 0.25) is 0 Å². The highest BCUT2D eigenvalue weighted by atomic mass is 32.2. The number of hydrogen-bond donors (Lipinski definition) is 1. The number of sulfone groups is 1. The molecule has 3 aromatic carbocycles. The summed E-state index contributed by atoms with van der Waals surface area (Å²) in [6.45, 7) is 1.57. The van der Waals surface area contributed by atoms with Crippen molar-refractivity contribution in [3.05, 3.63) is 88.5 Å². The largest absolute Gasteiger partial charge is 0.454 e. The van der Waals surface area contributed by atoms with Crippen LogP contribution in [0.4, 0.5) is 10.1 Å². The van der Waals surface area contributed by atoms with Gasteiger partial charge in [0.15, 0.2) is 11.5 Å². The maximum Gasteiger partial charge on any atom is 0.244 e. The third-order valence-electron chi connectivity index (χ3n) is 5.60. The van der Waals surface area contributed by atoms with Crippen LogP contribution >= 0.6 is 0 Å². The van der Waals surface area contributed by atoms with Gasteiger partial charge in [0.2, 0.25) is 28.0 Å². The van der Waals surface area contributed by atoms with Crippen LogP contribution in [-0.2, 0) is 21.2 Å². The number of halogens is 1. The SMILES string of the molecule is Cc1ccc(S(=O)(=O)c2cn(CC(=O)Nc3ccc4c(c3)OCO4)c3ccc(F)cc3c2=O)cc1. The fourth-order valence-electron chi connectivity index (χ4n) is 3.84. The molecule has 4 aromatic rings. The lowest BCUT2D eigenvalue weighted by Crippen LogP contribution is -2.24. The molecule has 5 rings (SSSR count). The minimum Gasteiger partial charge on any atom is -0.454 e. The molecule has 0 aliphatic carbocycles. The molecule has 1 aromatic heterocycles. The zero-order valence-corrected chi connectivity index (χ0v) is 19.3. The van der Waals surface area contributed by atoms with E-state index < -0.39 is 31.9 Å². The number of benzene rings is 3. The number of anilines is 1. The average Bonchev–Trinajstić information content (AvgIpc) is 3.29. The van der Waals surface area contributed by atoms with Crippen LogP contribution in [0.1, 0.15) is 5.56 Å². The molecule has 178 valence electrons. The highest BCUT2D eigenvalue weighted by Gasteiger charge is 2.24. The number of hydrogen-bond acceptors (Lipinski definition) is 6. The molecule has 35 heavy (non-hydrogen) atoms. The number of aryl methyl sites for hydroxylation is 1. The molecule has 0 saturated carbocycles. The molecule has 0 atom stereocenters. The second-order valence-electron chi connectivity index (χ2n) is 8.04. The number of carbonyl (C=O) groups excluding carboxylic acids is 1. The summed E-state index contributed by atoms with van der Waals surface area (Å²) >= 11 is 0. The van der Waals surface area contributed by atoms with E-state index >= 15 is 0 Å². The quantitative estimate of drug-likeness (QED) is 0.454. The zero-order chi connectivity index (χ0) is 24.7. The second kappa shape index (κ2) is 8.55. The highest BCUT2D eigenvalue weighted by molar-refractivity contribution is 7.91. The van der Waals surface area contributed by atoms with Gasteiger partial charge in [-0.05, 0) is 49.4 Å². The van der Waals surface area contributed by atoms with Gasteiger partial charge in [-0.25, -0.2) is 12.8 Å². The second-order valence-corrected chi connectivity index (χ2v) is 9.96. The molecule has 0 spiro atoms. The Bertz CT molecular complexity index is 1650. The summed E-state index contributed by atoms with van der Waals surface area (Å²) in [5.41, 5.74) is 0.679. The molecule has 0 bridgehead atoms. The standard InChI is InChI=1S/C25H19FN2O6S/c1-15-2-6-18(7-3-15)35(31,32)23-12-28(20-8-4-16(26)10-19(20)25(23)30)13-24(29)27-17-5-9-21-22(11-17)34-14-33-21/h2-12H,13-14H2,1H3,(H,27,29). The Morgan fingerprint density at radius 2 is 1.77 bits per heavy atom. The first-order valence-electron chi connectivity index (χ1n) is 10.6. The van der Waals surface area contributed by atoms with Gasteiger partial charge in [0.25, 0.3) is 0 Å². The van der Waals surface area contributed by atoms with Crippen LogP contribution in [-0.4, -0.2) is 25.7 Å². The third kappa shape index (κ3) is 4.24. The fourth-order valence-corrected chi connectivity index (χ4v) is 5.21. The first-order chi connectivity index (χ1) is 16.7. The smallest absolute Gasteiger partial charge is 0.244 e. The maximum absolute atomic E-state index is 14.0. The van der Waals surface area contributed by atoms with Crippen molar-refractivity contribution in [2.75, 3.05) is 12.1 Å². The Balaban J connectivity index is 1.56. The van der Waals surface area contributed by atoms with E-state index in [1.807, 2.05) is 0 Å². The van der Waals surface area contributed by atoms with Crippen LogP contribution in [0, 0.1) is 12.7 Å². The van der Waals surface area contributed by atoms with E-state index in [1.54, 1.807) is 37.3 Å². The van der Waals surface area contributed by atoms with E-state index in [-0.39, 0.29) is 29.1 Å². The van der Waals surface area contributed by atoms with Crippen LogP contribution in [0.5, 0.6) is 11.5 Å². The van der Waals surface area contributed by atoms with Gasteiger partial charge in [-0.2, -0.15) is 0 Å². The zero-order valence-electron chi connectivity index (χ0n) is 18.4. The van der Waals surface area contributed by atoms with Crippen molar-refractivity contribution in [2.45, 2.75) is 23.3 Å². The number of amides is 1. The van der Waals surface area contributed by atoms with E-state index in [1.165, 1.54) is 22.8 Å². The van der Waals surface area contributed by atoms with E-state index in [4.69, 9.17) is 9.47 Å². The number of nitrogens with one attached hydrogen (secondary N) is 1. The lowest BCUT2D eigenvalue weighted by Gasteiger charge is -2.14. The van der Waals surface area contributed by atoms with Gasteiger partial charge in [0.1, 0.15) is 17.3 Å². The summed E-state index contributed by atoms with van der Waals surface area (Å²) in [5.74, 6) is -0.145. The molecule has 1 amide bonds. The molecule has 1 aliphatic rings. The lowest BCUT2D eigenvalue weighted by atomic mass is 10.2. The lowest BCUT2D eigenvalue weighted by molar-refractivity contribution is -0.116. The van der Waals surface area contributed by atoms with E-state index in [2.05, 4.69) is 5.32 Å². The van der Waals surface area contributed by atoms with Crippen molar-refractivity contribution in [3.8, 4) is 11.5 Å². The van der Waals surface area contributed by atoms with Gasteiger partial charge in [0.05, 0.1) is 10.4 Å². The molecular weight excluding hydrogens is 475 g/mol. The minimum absolute atomic E-state index is 0.0766. The molecule has 0 radical (unpaired) electrons. The Labute approximate surface area is 199 Å². The molecular formula is C25H19FN2O6S.